The molecule has 3 aromatic rings. The van der Waals surface area contributed by atoms with Crippen LogP contribution in [-0.4, -0.2) is 32.2 Å². The Bertz CT molecular complexity index is 1050. The molecule has 29 heavy (non-hydrogen) atoms. The molecule has 0 saturated heterocycles. The van der Waals surface area contributed by atoms with Crippen LogP contribution in [-0.2, 0) is 4.79 Å². The third-order valence-corrected chi connectivity index (χ3v) is 4.29. The molecule has 0 spiro atoms. The van der Waals surface area contributed by atoms with Gasteiger partial charge in [0.15, 0.2) is 5.82 Å². The van der Waals surface area contributed by atoms with Gasteiger partial charge in [0.1, 0.15) is 12.1 Å². The van der Waals surface area contributed by atoms with Crippen LogP contribution >= 0.6 is 0 Å². The van der Waals surface area contributed by atoms with Crippen molar-refractivity contribution >= 4 is 11.5 Å². The number of benzene rings is 2. The molecule has 9 heteroatoms. The highest BCUT2D eigenvalue weighted by atomic mass is 19.4. The summed E-state index contributed by atoms with van der Waals surface area (Å²) in [5, 5.41) is 13.4. The molecule has 3 rings (SSSR count). The van der Waals surface area contributed by atoms with Crippen LogP contribution in [0.25, 0.3) is 22.6 Å². The van der Waals surface area contributed by atoms with Crippen molar-refractivity contribution < 1.29 is 27.8 Å². The zero-order chi connectivity index (χ0) is 21.2. The van der Waals surface area contributed by atoms with Gasteiger partial charge in [0.05, 0.1) is 5.69 Å². The maximum Gasteiger partial charge on any atom is 0.573 e. The van der Waals surface area contributed by atoms with Crippen LogP contribution in [0.4, 0.5) is 13.2 Å². The minimum Gasteiger partial charge on any atom is -0.478 e. The van der Waals surface area contributed by atoms with Gasteiger partial charge in [-0.15, -0.1) is 18.3 Å². The van der Waals surface area contributed by atoms with Crippen molar-refractivity contribution in [2.45, 2.75) is 20.2 Å². The van der Waals surface area contributed by atoms with Crippen LogP contribution < -0.4 is 4.74 Å². The molecule has 1 aromatic heterocycles. The summed E-state index contributed by atoms with van der Waals surface area (Å²) in [6.45, 7) is 3.28. The van der Waals surface area contributed by atoms with Crippen molar-refractivity contribution in [1.82, 2.24) is 14.8 Å². The number of carboxylic acids is 1. The number of ether oxygens (including phenoxy) is 1. The summed E-state index contributed by atoms with van der Waals surface area (Å²) in [6, 6.07) is 12.4. The lowest BCUT2D eigenvalue weighted by molar-refractivity contribution is -0.274. The van der Waals surface area contributed by atoms with Crippen molar-refractivity contribution in [1.29, 1.82) is 0 Å². The van der Waals surface area contributed by atoms with E-state index < -0.39 is 12.3 Å². The topological polar surface area (TPSA) is 77.2 Å². The zero-order valence-electron chi connectivity index (χ0n) is 15.4. The van der Waals surface area contributed by atoms with E-state index in [1.165, 1.54) is 35.3 Å². The fourth-order valence-corrected chi connectivity index (χ4v) is 2.57. The molecule has 0 amide bonds. The van der Waals surface area contributed by atoms with Crippen LogP contribution in [0, 0.1) is 0 Å². The molecule has 0 aliphatic rings. The number of aliphatic carboxylic acids is 1. The van der Waals surface area contributed by atoms with Crippen molar-refractivity contribution in [3.63, 3.8) is 0 Å². The van der Waals surface area contributed by atoms with E-state index >= 15 is 0 Å². The first kappa shape index (κ1) is 20.1. The molecule has 1 heterocycles. The minimum absolute atomic E-state index is 0.262. The van der Waals surface area contributed by atoms with E-state index in [4.69, 9.17) is 5.11 Å². The number of allylic oxidation sites excluding steroid dienone is 1. The summed E-state index contributed by atoms with van der Waals surface area (Å²) >= 11 is 0. The fourth-order valence-electron chi connectivity index (χ4n) is 2.57. The van der Waals surface area contributed by atoms with Crippen LogP contribution in [0.3, 0.4) is 0 Å². The summed E-state index contributed by atoms with van der Waals surface area (Å²) in [5.74, 6) is -0.875. The lowest BCUT2D eigenvalue weighted by Gasteiger charge is -2.09. The van der Waals surface area contributed by atoms with E-state index in [1.807, 2.05) is 0 Å². The van der Waals surface area contributed by atoms with Gasteiger partial charge in [-0.05, 0) is 49.2 Å². The van der Waals surface area contributed by atoms with Gasteiger partial charge in [-0.3, -0.25) is 0 Å². The van der Waals surface area contributed by atoms with Gasteiger partial charge in [0.25, 0.3) is 0 Å². The van der Waals surface area contributed by atoms with Crippen molar-refractivity contribution in [3.8, 4) is 22.8 Å². The summed E-state index contributed by atoms with van der Waals surface area (Å²) in [4.78, 5) is 15.3. The van der Waals surface area contributed by atoms with Crippen molar-refractivity contribution in [3.05, 3.63) is 66.0 Å². The van der Waals surface area contributed by atoms with Gasteiger partial charge in [-0.2, -0.15) is 0 Å². The van der Waals surface area contributed by atoms with Gasteiger partial charge < -0.3 is 9.84 Å². The second-order valence-corrected chi connectivity index (χ2v) is 6.19. The molecular weight excluding hydrogens is 387 g/mol. The predicted molar refractivity (Wildman–Crippen MR) is 99.4 cm³/mol. The second-order valence-electron chi connectivity index (χ2n) is 6.19. The Morgan fingerprint density at radius 2 is 1.66 bits per heavy atom. The summed E-state index contributed by atoms with van der Waals surface area (Å²) in [7, 11) is 0. The number of aromatic nitrogens is 3. The minimum atomic E-state index is -4.75. The molecule has 0 fully saturated rings. The molecule has 2 aromatic carbocycles. The van der Waals surface area contributed by atoms with Gasteiger partial charge in [0, 0.05) is 11.1 Å². The Balaban J connectivity index is 1.80. The Hall–Kier alpha value is -3.62. The first-order valence-corrected chi connectivity index (χ1v) is 8.43. The Morgan fingerprint density at radius 3 is 2.21 bits per heavy atom. The number of carboxylic acid groups (broad SMARTS) is 1. The lowest BCUT2D eigenvalue weighted by Crippen LogP contribution is -2.17. The van der Waals surface area contributed by atoms with E-state index in [-0.39, 0.29) is 11.3 Å². The lowest BCUT2D eigenvalue weighted by atomic mass is 10.0. The quantitative estimate of drug-likeness (QED) is 0.625. The fraction of sp³-hybridized carbons (Fsp3) is 0.150. The van der Waals surface area contributed by atoms with E-state index in [0.717, 1.165) is 5.56 Å². The number of halogens is 3. The second kappa shape index (κ2) is 7.78. The van der Waals surface area contributed by atoms with Crippen LogP contribution in [0.2, 0.25) is 0 Å². The average Bonchev–Trinajstić information content (AvgIpc) is 3.16. The standard InChI is InChI=1S/C20H16F3N3O3/c1-12(13(2)19(27)28)14-3-5-15(6-4-14)18-24-11-26(25-18)16-7-9-17(10-8-16)29-20(21,22)23/h3-11H,1-2H3,(H,27,28). The van der Waals surface area contributed by atoms with Gasteiger partial charge >= 0.3 is 12.3 Å². The van der Waals surface area contributed by atoms with Crippen LogP contribution in [0.15, 0.2) is 60.4 Å². The van der Waals surface area contributed by atoms with Crippen LogP contribution in [0.1, 0.15) is 19.4 Å². The number of hydrogen-bond donors (Lipinski definition) is 1. The highest BCUT2D eigenvalue weighted by Gasteiger charge is 2.31. The maximum absolute atomic E-state index is 12.2. The molecule has 6 nitrogen and oxygen atoms in total. The van der Waals surface area contributed by atoms with E-state index in [2.05, 4.69) is 14.8 Å². The molecule has 150 valence electrons. The SMILES string of the molecule is CC(C(=O)O)=C(C)c1ccc(-c2ncn(-c3ccc(OC(F)(F)F)cc3)n2)cc1. The molecule has 0 atom stereocenters. The highest BCUT2D eigenvalue weighted by molar-refractivity contribution is 5.95. The number of alkyl halides is 3. The number of nitrogens with zero attached hydrogens (tertiary/aromatic N) is 3. The number of hydrogen-bond acceptors (Lipinski definition) is 4. The van der Waals surface area contributed by atoms with E-state index in [0.29, 0.717) is 22.6 Å². The van der Waals surface area contributed by atoms with Crippen molar-refractivity contribution in [2.24, 2.45) is 0 Å². The zero-order valence-corrected chi connectivity index (χ0v) is 15.4. The predicted octanol–water partition coefficient (Wildman–Crippen LogP) is 4.71. The van der Waals surface area contributed by atoms with E-state index in [9.17, 15) is 18.0 Å². The molecule has 0 radical (unpaired) electrons. The molecule has 0 bridgehead atoms. The molecule has 0 unspecified atom stereocenters. The third-order valence-electron chi connectivity index (χ3n) is 4.29. The monoisotopic (exact) mass is 403 g/mol. The normalized spacial score (nSPS) is 12.4. The summed E-state index contributed by atoms with van der Waals surface area (Å²) in [6.07, 6.45) is -3.30. The average molecular weight is 403 g/mol. The van der Waals surface area contributed by atoms with E-state index in [1.54, 1.807) is 38.1 Å². The Labute approximate surface area is 163 Å². The molecule has 0 saturated carbocycles. The summed E-state index contributed by atoms with van der Waals surface area (Å²) in [5.41, 5.74) is 2.92. The number of rotatable bonds is 5. The third kappa shape index (κ3) is 4.81. The Morgan fingerprint density at radius 1 is 1.03 bits per heavy atom. The first-order chi connectivity index (χ1) is 13.6. The van der Waals surface area contributed by atoms with Gasteiger partial charge in [0.2, 0.25) is 0 Å². The smallest absolute Gasteiger partial charge is 0.478 e. The molecule has 0 aliphatic carbocycles. The molecule has 1 N–H and O–H groups in total. The van der Waals surface area contributed by atoms with Gasteiger partial charge in [-0.25, -0.2) is 14.5 Å². The largest absolute Gasteiger partial charge is 0.573 e. The van der Waals surface area contributed by atoms with Crippen molar-refractivity contribution in [2.75, 3.05) is 0 Å². The van der Waals surface area contributed by atoms with Gasteiger partial charge in [-0.1, -0.05) is 24.3 Å². The molecular formula is C20H16F3N3O3. The van der Waals surface area contributed by atoms with Crippen LogP contribution in [0.5, 0.6) is 5.75 Å². The summed E-state index contributed by atoms with van der Waals surface area (Å²) < 4.78 is 42.0. The Kier molecular flexibility index (Phi) is 5.40. The first-order valence-electron chi connectivity index (χ1n) is 8.43. The number of carbonyl (C=O) groups is 1. The highest BCUT2D eigenvalue weighted by Crippen LogP contribution is 2.25. The molecule has 0 aliphatic heterocycles. The maximum atomic E-state index is 12.2.